The van der Waals surface area contributed by atoms with E-state index in [1.807, 2.05) is 0 Å². The zero-order valence-electron chi connectivity index (χ0n) is 11.3. The molecule has 2 rings (SSSR count). The maximum absolute atomic E-state index is 11.5. The van der Waals surface area contributed by atoms with Crippen molar-refractivity contribution in [3.63, 3.8) is 0 Å². The van der Waals surface area contributed by atoms with Gasteiger partial charge in [-0.15, -0.1) is 0 Å². The first-order valence-electron chi connectivity index (χ1n) is 6.11. The minimum absolute atomic E-state index is 0.0867. The second-order valence-corrected chi connectivity index (χ2v) is 4.13. The van der Waals surface area contributed by atoms with E-state index >= 15 is 0 Å². The fraction of sp³-hybridized carbons (Fsp3) is 0.231. The maximum atomic E-state index is 11.5. The van der Waals surface area contributed by atoms with Crippen LogP contribution in [0.2, 0.25) is 0 Å². The molecule has 0 unspecified atom stereocenters. The second-order valence-electron chi connectivity index (χ2n) is 4.13. The van der Waals surface area contributed by atoms with Crippen LogP contribution in [0.5, 0.6) is 5.75 Å². The van der Waals surface area contributed by atoms with Crippen molar-refractivity contribution < 1.29 is 19.4 Å². The number of methoxy groups -OCH3 is 1. The maximum Gasteiger partial charge on any atom is 0.322 e. The molecule has 8 heteroatoms. The van der Waals surface area contributed by atoms with Gasteiger partial charge in [0.1, 0.15) is 24.4 Å². The smallest absolute Gasteiger partial charge is 0.322 e. The van der Waals surface area contributed by atoms with Gasteiger partial charge in [-0.2, -0.15) is 0 Å². The van der Waals surface area contributed by atoms with Crippen LogP contribution in [-0.2, 0) is 9.59 Å². The first-order chi connectivity index (χ1) is 10.1. The van der Waals surface area contributed by atoms with E-state index in [9.17, 15) is 9.59 Å². The predicted molar refractivity (Wildman–Crippen MR) is 75.2 cm³/mol. The molecule has 1 amide bonds. The molecular weight excluding hydrogens is 276 g/mol. The number of rotatable bonds is 6. The van der Waals surface area contributed by atoms with E-state index in [0.717, 1.165) is 0 Å². The molecule has 0 fully saturated rings. The van der Waals surface area contributed by atoms with Crippen molar-refractivity contribution >= 4 is 28.6 Å². The van der Waals surface area contributed by atoms with Crippen molar-refractivity contribution in [2.75, 3.05) is 25.5 Å². The number of hydrogen-bond donors (Lipinski definition) is 3. The molecular formula is C13H14N4O4. The molecule has 0 aliphatic rings. The number of aliphatic carboxylic acids is 1. The number of anilines is 1. The Morgan fingerprint density at radius 2 is 2.10 bits per heavy atom. The summed E-state index contributed by atoms with van der Waals surface area (Å²) in [6.07, 6.45) is 1.38. The Morgan fingerprint density at radius 1 is 1.29 bits per heavy atom. The third-order valence-electron chi connectivity index (χ3n) is 2.70. The Hall–Kier alpha value is -2.90. The third kappa shape index (κ3) is 3.78. The van der Waals surface area contributed by atoms with Crippen molar-refractivity contribution in [3.8, 4) is 5.75 Å². The van der Waals surface area contributed by atoms with Crippen molar-refractivity contribution in [3.05, 3.63) is 24.5 Å². The van der Waals surface area contributed by atoms with Gasteiger partial charge in [0.25, 0.3) is 0 Å². The SMILES string of the molecule is COc1ccc2ncnc(NCC(=O)NCC(=O)O)c2c1. The monoisotopic (exact) mass is 290 g/mol. The summed E-state index contributed by atoms with van der Waals surface area (Å²) in [6.45, 7) is -0.505. The molecule has 0 aliphatic carbocycles. The summed E-state index contributed by atoms with van der Waals surface area (Å²) in [5.41, 5.74) is 0.708. The lowest BCUT2D eigenvalue weighted by Gasteiger charge is -2.09. The van der Waals surface area contributed by atoms with Crippen LogP contribution < -0.4 is 15.4 Å². The van der Waals surface area contributed by atoms with Gasteiger partial charge in [-0.1, -0.05) is 0 Å². The molecule has 110 valence electrons. The molecule has 1 aromatic carbocycles. The number of carbonyl (C=O) groups excluding carboxylic acids is 1. The van der Waals surface area contributed by atoms with Crippen molar-refractivity contribution in [2.45, 2.75) is 0 Å². The van der Waals surface area contributed by atoms with Gasteiger partial charge in [-0.05, 0) is 18.2 Å². The van der Waals surface area contributed by atoms with Crippen LogP contribution >= 0.6 is 0 Å². The van der Waals surface area contributed by atoms with Gasteiger partial charge >= 0.3 is 5.97 Å². The number of benzene rings is 1. The van der Waals surface area contributed by atoms with Gasteiger partial charge in [0, 0.05) is 5.39 Å². The molecule has 0 saturated heterocycles. The van der Waals surface area contributed by atoms with Crippen LogP contribution in [-0.4, -0.2) is 47.2 Å². The molecule has 0 spiro atoms. The quantitative estimate of drug-likeness (QED) is 0.698. The van der Waals surface area contributed by atoms with E-state index in [0.29, 0.717) is 22.5 Å². The van der Waals surface area contributed by atoms with E-state index in [-0.39, 0.29) is 6.54 Å². The summed E-state index contributed by atoms with van der Waals surface area (Å²) in [5, 5.41) is 14.3. The molecule has 21 heavy (non-hydrogen) atoms. The number of carboxylic acid groups (broad SMARTS) is 1. The minimum atomic E-state index is -1.10. The minimum Gasteiger partial charge on any atom is -0.497 e. The molecule has 2 aromatic rings. The van der Waals surface area contributed by atoms with Gasteiger partial charge in [0.05, 0.1) is 19.2 Å². The first-order valence-corrected chi connectivity index (χ1v) is 6.11. The average molecular weight is 290 g/mol. The van der Waals surface area contributed by atoms with Gasteiger partial charge in [-0.25, -0.2) is 9.97 Å². The van der Waals surface area contributed by atoms with E-state index in [2.05, 4.69) is 20.6 Å². The highest BCUT2D eigenvalue weighted by Crippen LogP contribution is 2.23. The lowest BCUT2D eigenvalue weighted by Crippen LogP contribution is -2.34. The summed E-state index contributed by atoms with van der Waals surface area (Å²) in [4.78, 5) is 30.0. The fourth-order valence-corrected chi connectivity index (χ4v) is 1.70. The van der Waals surface area contributed by atoms with Crippen LogP contribution in [0, 0.1) is 0 Å². The summed E-state index contributed by atoms with van der Waals surface area (Å²) < 4.78 is 5.14. The number of nitrogens with zero attached hydrogens (tertiary/aromatic N) is 2. The van der Waals surface area contributed by atoms with E-state index in [1.165, 1.54) is 6.33 Å². The molecule has 0 atom stereocenters. The van der Waals surface area contributed by atoms with E-state index in [4.69, 9.17) is 9.84 Å². The fourth-order valence-electron chi connectivity index (χ4n) is 1.70. The highest BCUT2D eigenvalue weighted by molar-refractivity contribution is 5.92. The van der Waals surface area contributed by atoms with Crippen LogP contribution in [0.25, 0.3) is 10.9 Å². The third-order valence-corrected chi connectivity index (χ3v) is 2.70. The largest absolute Gasteiger partial charge is 0.497 e. The standard InChI is InChI=1S/C13H14N4O4/c1-21-8-2-3-10-9(4-8)13(17-7-16-10)15-5-11(18)14-6-12(19)20/h2-4,7H,5-6H2,1H3,(H,14,18)(H,19,20)(H,15,16,17). The van der Waals surface area contributed by atoms with Crippen LogP contribution in [0.4, 0.5) is 5.82 Å². The lowest BCUT2D eigenvalue weighted by atomic mass is 10.2. The Morgan fingerprint density at radius 3 is 2.81 bits per heavy atom. The number of carboxylic acids is 1. The number of ether oxygens (including phenoxy) is 1. The number of amides is 1. The highest BCUT2D eigenvalue weighted by atomic mass is 16.5. The Kier molecular flexibility index (Phi) is 4.50. The van der Waals surface area contributed by atoms with Gasteiger partial charge < -0.3 is 20.5 Å². The lowest BCUT2D eigenvalue weighted by molar-refractivity contribution is -0.137. The summed E-state index contributed by atoms with van der Waals surface area (Å²) >= 11 is 0. The van der Waals surface area contributed by atoms with Crippen molar-refractivity contribution in [1.82, 2.24) is 15.3 Å². The number of fused-ring (bicyclic) bond motifs is 1. The van der Waals surface area contributed by atoms with Gasteiger partial charge in [0.2, 0.25) is 5.91 Å². The molecule has 1 heterocycles. The number of carbonyl (C=O) groups is 2. The number of hydrogen-bond acceptors (Lipinski definition) is 6. The second kappa shape index (κ2) is 6.51. The normalized spacial score (nSPS) is 10.1. The Balaban J connectivity index is 2.11. The molecule has 1 aromatic heterocycles. The molecule has 0 saturated carbocycles. The van der Waals surface area contributed by atoms with Gasteiger partial charge in [-0.3, -0.25) is 9.59 Å². The van der Waals surface area contributed by atoms with E-state index in [1.54, 1.807) is 25.3 Å². The van der Waals surface area contributed by atoms with Crippen molar-refractivity contribution in [1.29, 1.82) is 0 Å². The number of nitrogens with one attached hydrogen (secondary N) is 2. The molecule has 8 nitrogen and oxygen atoms in total. The molecule has 0 bridgehead atoms. The molecule has 0 aliphatic heterocycles. The van der Waals surface area contributed by atoms with Crippen LogP contribution in [0.3, 0.4) is 0 Å². The zero-order valence-corrected chi connectivity index (χ0v) is 11.3. The summed E-state index contributed by atoms with van der Waals surface area (Å²) in [5.74, 6) is -0.410. The molecule has 3 N–H and O–H groups in total. The number of aromatic nitrogens is 2. The zero-order chi connectivity index (χ0) is 15.2. The Labute approximate surface area is 120 Å². The summed E-state index contributed by atoms with van der Waals surface area (Å²) in [6, 6.07) is 5.32. The highest BCUT2D eigenvalue weighted by Gasteiger charge is 2.08. The van der Waals surface area contributed by atoms with Gasteiger partial charge in [0.15, 0.2) is 0 Å². The average Bonchev–Trinajstić information content (AvgIpc) is 2.50. The Bertz CT molecular complexity index is 674. The van der Waals surface area contributed by atoms with Crippen LogP contribution in [0.1, 0.15) is 0 Å². The van der Waals surface area contributed by atoms with Crippen LogP contribution in [0.15, 0.2) is 24.5 Å². The topological polar surface area (TPSA) is 113 Å². The predicted octanol–water partition coefficient (Wildman–Crippen LogP) is 0.251. The molecule has 0 radical (unpaired) electrons. The van der Waals surface area contributed by atoms with E-state index < -0.39 is 18.4 Å². The van der Waals surface area contributed by atoms with Crippen molar-refractivity contribution in [2.24, 2.45) is 0 Å². The first kappa shape index (κ1) is 14.5. The summed E-state index contributed by atoms with van der Waals surface area (Å²) in [7, 11) is 1.55.